The number of hydrogen-bond acceptors (Lipinski definition) is 6. The minimum Gasteiger partial charge on any atom is -0.411 e. The first kappa shape index (κ1) is 15.3. The summed E-state index contributed by atoms with van der Waals surface area (Å²) >= 11 is 0. The molecule has 0 saturated carbocycles. The normalized spacial score (nSPS) is 18.1. The third kappa shape index (κ3) is 2.82. The number of pyridine rings is 1. The Bertz CT molecular complexity index is 940. The van der Waals surface area contributed by atoms with Gasteiger partial charge in [-0.25, -0.2) is 9.97 Å². The molecule has 6 nitrogen and oxygen atoms in total. The molecule has 1 aromatic carbocycles. The Morgan fingerprint density at radius 1 is 1.00 bits per heavy atom. The van der Waals surface area contributed by atoms with E-state index in [-0.39, 0.29) is 11.9 Å². The lowest BCUT2D eigenvalue weighted by Crippen LogP contribution is -2.22. The van der Waals surface area contributed by atoms with Gasteiger partial charge in [-0.2, -0.15) is 0 Å². The van der Waals surface area contributed by atoms with E-state index in [0.717, 1.165) is 28.1 Å². The monoisotopic (exact) mass is 331 g/mol. The summed E-state index contributed by atoms with van der Waals surface area (Å²) in [4.78, 5) is 12.8. The van der Waals surface area contributed by atoms with Crippen LogP contribution in [0.1, 0.15) is 29.2 Å². The first-order valence-corrected chi connectivity index (χ1v) is 8.09. The SMILES string of the molecule is Nc1ncc2c(n1)CC(c1ccccc1-c1ccccn1)C/C2=N/O. The van der Waals surface area contributed by atoms with E-state index in [2.05, 4.69) is 32.2 Å². The second-order valence-electron chi connectivity index (χ2n) is 6.04. The van der Waals surface area contributed by atoms with Crippen molar-refractivity contribution in [2.75, 3.05) is 5.73 Å². The van der Waals surface area contributed by atoms with Crippen LogP contribution in [0.3, 0.4) is 0 Å². The predicted molar refractivity (Wildman–Crippen MR) is 95.5 cm³/mol. The fourth-order valence-corrected chi connectivity index (χ4v) is 3.40. The topological polar surface area (TPSA) is 97.3 Å². The maximum Gasteiger partial charge on any atom is 0.220 e. The van der Waals surface area contributed by atoms with E-state index in [1.54, 1.807) is 12.4 Å². The van der Waals surface area contributed by atoms with Gasteiger partial charge < -0.3 is 10.9 Å². The molecular formula is C19H17N5O. The lowest BCUT2D eigenvalue weighted by molar-refractivity contribution is 0.316. The molecule has 0 saturated heterocycles. The molecule has 0 fully saturated rings. The van der Waals surface area contributed by atoms with Gasteiger partial charge in [0, 0.05) is 29.9 Å². The summed E-state index contributed by atoms with van der Waals surface area (Å²) in [5.74, 6) is 0.362. The molecule has 0 bridgehead atoms. The zero-order valence-corrected chi connectivity index (χ0v) is 13.5. The van der Waals surface area contributed by atoms with Crippen LogP contribution < -0.4 is 5.73 Å². The highest BCUT2D eigenvalue weighted by molar-refractivity contribution is 6.02. The Hall–Kier alpha value is -3.28. The first-order chi connectivity index (χ1) is 12.3. The quantitative estimate of drug-likeness (QED) is 0.555. The van der Waals surface area contributed by atoms with Crippen molar-refractivity contribution < 1.29 is 5.21 Å². The molecule has 0 spiro atoms. The van der Waals surface area contributed by atoms with E-state index < -0.39 is 0 Å². The molecule has 25 heavy (non-hydrogen) atoms. The third-order valence-electron chi connectivity index (χ3n) is 4.54. The molecule has 1 aliphatic carbocycles. The number of benzene rings is 1. The van der Waals surface area contributed by atoms with Gasteiger partial charge in [-0.1, -0.05) is 35.5 Å². The summed E-state index contributed by atoms with van der Waals surface area (Å²) in [7, 11) is 0. The van der Waals surface area contributed by atoms with E-state index in [4.69, 9.17) is 5.73 Å². The summed E-state index contributed by atoms with van der Waals surface area (Å²) in [5.41, 5.74) is 11.1. The van der Waals surface area contributed by atoms with Crippen LogP contribution >= 0.6 is 0 Å². The van der Waals surface area contributed by atoms with Crippen molar-refractivity contribution in [3.63, 3.8) is 0 Å². The van der Waals surface area contributed by atoms with Crippen LogP contribution in [0.2, 0.25) is 0 Å². The van der Waals surface area contributed by atoms with Crippen LogP contribution in [0.5, 0.6) is 0 Å². The Morgan fingerprint density at radius 2 is 1.84 bits per heavy atom. The Kier molecular flexibility index (Phi) is 3.85. The van der Waals surface area contributed by atoms with Gasteiger partial charge in [0.2, 0.25) is 5.95 Å². The predicted octanol–water partition coefficient (Wildman–Crippen LogP) is 3.03. The van der Waals surface area contributed by atoms with E-state index >= 15 is 0 Å². The van der Waals surface area contributed by atoms with Crippen molar-refractivity contribution in [1.82, 2.24) is 15.0 Å². The van der Waals surface area contributed by atoms with Crippen LogP contribution in [0.15, 0.2) is 60.0 Å². The van der Waals surface area contributed by atoms with Gasteiger partial charge in [-0.05, 0) is 30.0 Å². The standard InChI is InChI=1S/C19H17N5O/c20-19-22-11-15-17(23-19)9-12(10-18(15)24-25)13-5-1-2-6-14(13)16-7-3-4-8-21-16/h1-8,11-12,25H,9-10H2,(H2,20,22,23)/b24-18-. The van der Waals surface area contributed by atoms with Gasteiger partial charge in [-0.3, -0.25) is 4.98 Å². The first-order valence-electron chi connectivity index (χ1n) is 8.09. The Morgan fingerprint density at radius 3 is 2.64 bits per heavy atom. The van der Waals surface area contributed by atoms with Crippen molar-refractivity contribution in [1.29, 1.82) is 0 Å². The minimum absolute atomic E-state index is 0.130. The highest BCUT2D eigenvalue weighted by Crippen LogP contribution is 2.36. The summed E-state index contributed by atoms with van der Waals surface area (Å²) in [6, 6.07) is 14.1. The minimum atomic E-state index is 0.130. The summed E-state index contributed by atoms with van der Waals surface area (Å²) in [5, 5.41) is 12.9. The fraction of sp³-hybridized carbons (Fsp3) is 0.158. The van der Waals surface area contributed by atoms with E-state index in [0.29, 0.717) is 18.6 Å². The van der Waals surface area contributed by atoms with E-state index in [1.165, 1.54) is 0 Å². The number of aromatic nitrogens is 3. The Labute approximate surface area is 145 Å². The maximum atomic E-state index is 9.45. The molecular weight excluding hydrogens is 314 g/mol. The molecule has 1 atom stereocenters. The van der Waals surface area contributed by atoms with Gasteiger partial charge in [0.15, 0.2) is 0 Å². The van der Waals surface area contributed by atoms with Gasteiger partial charge >= 0.3 is 0 Å². The molecule has 6 heteroatoms. The summed E-state index contributed by atoms with van der Waals surface area (Å²) in [6.45, 7) is 0. The number of rotatable bonds is 2. The smallest absolute Gasteiger partial charge is 0.220 e. The van der Waals surface area contributed by atoms with E-state index in [9.17, 15) is 5.21 Å². The van der Waals surface area contributed by atoms with E-state index in [1.807, 2.05) is 30.3 Å². The number of nitrogens with two attached hydrogens (primary N) is 1. The van der Waals surface area contributed by atoms with Crippen molar-refractivity contribution in [3.8, 4) is 11.3 Å². The van der Waals surface area contributed by atoms with Gasteiger partial charge in [0.05, 0.1) is 17.1 Å². The average Bonchev–Trinajstić information content (AvgIpc) is 2.67. The van der Waals surface area contributed by atoms with Crippen molar-refractivity contribution >= 4 is 11.7 Å². The molecule has 0 aliphatic heterocycles. The Balaban J connectivity index is 1.79. The van der Waals surface area contributed by atoms with Crippen molar-refractivity contribution in [2.24, 2.45) is 5.16 Å². The molecule has 1 aliphatic rings. The van der Waals surface area contributed by atoms with Crippen LogP contribution in [0, 0.1) is 0 Å². The number of hydrogen-bond donors (Lipinski definition) is 2. The van der Waals surface area contributed by atoms with Crippen molar-refractivity contribution in [2.45, 2.75) is 18.8 Å². The molecule has 3 aromatic rings. The fourth-order valence-electron chi connectivity index (χ4n) is 3.40. The average molecular weight is 331 g/mol. The number of nitrogens with zero attached hydrogens (tertiary/aromatic N) is 4. The molecule has 0 radical (unpaired) electrons. The van der Waals surface area contributed by atoms with Crippen molar-refractivity contribution in [3.05, 3.63) is 71.7 Å². The lowest BCUT2D eigenvalue weighted by atomic mass is 9.79. The van der Waals surface area contributed by atoms with Gasteiger partial charge in [0.1, 0.15) is 0 Å². The third-order valence-corrected chi connectivity index (χ3v) is 4.54. The highest BCUT2D eigenvalue weighted by atomic mass is 16.4. The molecule has 0 amide bonds. The maximum absolute atomic E-state index is 9.45. The van der Waals surface area contributed by atoms with Crippen LogP contribution in [-0.4, -0.2) is 25.9 Å². The van der Waals surface area contributed by atoms with Crippen LogP contribution in [0.4, 0.5) is 5.95 Å². The summed E-state index contributed by atoms with van der Waals surface area (Å²) in [6.07, 6.45) is 4.75. The van der Waals surface area contributed by atoms with Crippen LogP contribution in [-0.2, 0) is 6.42 Å². The highest BCUT2D eigenvalue weighted by Gasteiger charge is 2.28. The second-order valence-corrected chi connectivity index (χ2v) is 6.04. The summed E-state index contributed by atoms with van der Waals surface area (Å²) < 4.78 is 0. The van der Waals surface area contributed by atoms with Gasteiger partial charge in [0.25, 0.3) is 0 Å². The number of fused-ring (bicyclic) bond motifs is 1. The zero-order valence-electron chi connectivity index (χ0n) is 13.5. The molecule has 124 valence electrons. The van der Waals surface area contributed by atoms with Gasteiger partial charge in [-0.15, -0.1) is 0 Å². The van der Waals surface area contributed by atoms with Crippen LogP contribution in [0.25, 0.3) is 11.3 Å². The molecule has 1 unspecified atom stereocenters. The molecule has 4 rings (SSSR count). The number of anilines is 1. The number of oxime groups is 1. The number of nitrogen functional groups attached to an aromatic ring is 1. The molecule has 2 aromatic heterocycles. The molecule has 3 N–H and O–H groups in total. The second kappa shape index (κ2) is 6.32. The largest absolute Gasteiger partial charge is 0.411 e. The lowest BCUT2D eigenvalue weighted by Gasteiger charge is -2.26. The molecule has 2 heterocycles. The zero-order chi connectivity index (χ0) is 17.2.